The van der Waals surface area contributed by atoms with E-state index in [1.807, 2.05) is 23.6 Å². The predicted molar refractivity (Wildman–Crippen MR) is 113 cm³/mol. The Morgan fingerprint density at radius 3 is 2.81 bits per heavy atom. The van der Waals surface area contributed by atoms with Crippen LogP contribution >= 0.6 is 23.4 Å². The van der Waals surface area contributed by atoms with Crippen LogP contribution in [0.25, 0.3) is 10.9 Å². The SMILES string of the molecule is CCSCc1ccnc(NC(=O)c2cn(CC)c3ccc(Cl)cc3c2=O)c1. The first-order chi connectivity index (χ1) is 13.0. The number of benzene rings is 1. The maximum Gasteiger partial charge on any atom is 0.262 e. The number of hydrogen-bond acceptors (Lipinski definition) is 4. The third-order valence-electron chi connectivity index (χ3n) is 4.17. The van der Waals surface area contributed by atoms with Crippen LogP contribution in [0.1, 0.15) is 29.8 Å². The van der Waals surface area contributed by atoms with Crippen molar-refractivity contribution in [1.82, 2.24) is 9.55 Å². The van der Waals surface area contributed by atoms with Crippen LogP contribution in [-0.2, 0) is 12.3 Å². The number of carbonyl (C=O) groups excluding carboxylic acids is 1. The zero-order chi connectivity index (χ0) is 19.4. The molecule has 0 saturated carbocycles. The average Bonchev–Trinajstić information content (AvgIpc) is 2.67. The van der Waals surface area contributed by atoms with Gasteiger partial charge in [0, 0.05) is 35.1 Å². The molecule has 1 N–H and O–H groups in total. The molecule has 0 atom stereocenters. The molecule has 140 valence electrons. The van der Waals surface area contributed by atoms with E-state index in [0.717, 1.165) is 22.6 Å². The normalized spacial score (nSPS) is 10.9. The van der Waals surface area contributed by atoms with Crippen LogP contribution in [0.15, 0.2) is 47.5 Å². The summed E-state index contributed by atoms with van der Waals surface area (Å²) >= 11 is 7.84. The molecule has 0 spiro atoms. The molecule has 2 heterocycles. The van der Waals surface area contributed by atoms with Gasteiger partial charge in [0.15, 0.2) is 0 Å². The molecule has 0 aliphatic rings. The number of anilines is 1. The molecule has 0 fully saturated rings. The molecule has 3 aromatic rings. The lowest BCUT2D eigenvalue weighted by Crippen LogP contribution is -2.24. The van der Waals surface area contributed by atoms with Gasteiger partial charge in [-0.1, -0.05) is 18.5 Å². The lowest BCUT2D eigenvalue weighted by molar-refractivity contribution is 0.102. The minimum atomic E-state index is -0.475. The van der Waals surface area contributed by atoms with Crippen LogP contribution < -0.4 is 10.7 Å². The lowest BCUT2D eigenvalue weighted by atomic mass is 10.1. The second-order valence-corrected chi connectivity index (χ2v) is 7.67. The second kappa shape index (κ2) is 8.59. The minimum Gasteiger partial charge on any atom is -0.347 e. The number of fused-ring (bicyclic) bond motifs is 1. The van der Waals surface area contributed by atoms with Crippen molar-refractivity contribution in [3.63, 3.8) is 0 Å². The highest BCUT2D eigenvalue weighted by Crippen LogP contribution is 2.19. The van der Waals surface area contributed by atoms with E-state index < -0.39 is 5.91 Å². The van der Waals surface area contributed by atoms with Gasteiger partial charge in [-0.15, -0.1) is 0 Å². The molecule has 27 heavy (non-hydrogen) atoms. The minimum absolute atomic E-state index is 0.0711. The molecule has 7 heteroatoms. The van der Waals surface area contributed by atoms with Crippen molar-refractivity contribution in [3.05, 3.63) is 69.1 Å². The Morgan fingerprint density at radius 1 is 1.26 bits per heavy atom. The Balaban J connectivity index is 1.96. The number of pyridine rings is 2. The summed E-state index contributed by atoms with van der Waals surface area (Å²) in [5.74, 6) is 1.82. The zero-order valence-electron chi connectivity index (χ0n) is 15.2. The van der Waals surface area contributed by atoms with Crippen molar-refractivity contribution in [3.8, 4) is 0 Å². The summed E-state index contributed by atoms with van der Waals surface area (Å²) in [5.41, 5.74) is 1.55. The summed E-state index contributed by atoms with van der Waals surface area (Å²) in [4.78, 5) is 29.8. The molecule has 3 rings (SSSR count). The van der Waals surface area contributed by atoms with Crippen molar-refractivity contribution in [2.24, 2.45) is 0 Å². The molecule has 0 unspecified atom stereocenters. The van der Waals surface area contributed by atoms with Gasteiger partial charge in [0.2, 0.25) is 5.43 Å². The Bertz CT molecular complexity index is 1050. The number of carbonyl (C=O) groups is 1. The van der Waals surface area contributed by atoms with Crippen molar-refractivity contribution >= 4 is 46.0 Å². The first-order valence-corrected chi connectivity index (χ1v) is 10.2. The first-order valence-electron chi connectivity index (χ1n) is 8.70. The van der Waals surface area contributed by atoms with Crippen molar-refractivity contribution in [1.29, 1.82) is 0 Å². The van der Waals surface area contributed by atoms with Gasteiger partial charge in [-0.25, -0.2) is 4.98 Å². The monoisotopic (exact) mass is 401 g/mol. The fourth-order valence-electron chi connectivity index (χ4n) is 2.83. The molecule has 0 radical (unpaired) electrons. The molecule has 2 aromatic heterocycles. The van der Waals surface area contributed by atoms with E-state index in [0.29, 0.717) is 22.8 Å². The maximum absolute atomic E-state index is 12.8. The molecule has 1 amide bonds. The van der Waals surface area contributed by atoms with Crippen molar-refractivity contribution in [2.45, 2.75) is 26.1 Å². The van der Waals surface area contributed by atoms with E-state index >= 15 is 0 Å². The molecule has 5 nitrogen and oxygen atoms in total. The third kappa shape index (κ3) is 4.34. The molecular weight excluding hydrogens is 382 g/mol. The van der Waals surface area contributed by atoms with Gasteiger partial charge < -0.3 is 9.88 Å². The highest BCUT2D eigenvalue weighted by Gasteiger charge is 2.16. The summed E-state index contributed by atoms with van der Waals surface area (Å²) in [6.45, 7) is 4.68. The fraction of sp³-hybridized carbons (Fsp3) is 0.250. The van der Waals surface area contributed by atoms with Crippen LogP contribution in [0.3, 0.4) is 0 Å². The number of amides is 1. The quantitative estimate of drug-likeness (QED) is 0.656. The van der Waals surface area contributed by atoms with Gasteiger partial charge in [0.1, 0.15) is 11.4 Å². The van der Waals surface area contributed by atoms with Gasteiger partial charge in [0.25, 0.3) is 5.91 Å². The topological polar surface area (TPSA) is 64.0 Å². The van der Waals surface area contributed by atoms with Gasteiger partial charge in [-0.2, -0.15) is 11.8 Å². The summed E-state index contributed by atoms with van der Waals surface area (Å²) < 4.78 is 1.86. The van der Waals surface area contributed by atoms with E-state index in [9.17, 15) is 9.59 Å². The number of halogens is 1. The third-order valence-corrected chi connectivity index (χ3v) is 5.35. The molecule has 0 saturated heterocycles. The van der Waals surface area contributed by atoms with Crippen LogP contribution in [0.4, 0.5) is 5.82 Å². The maximum atomic E-state index is 12.8. The second-order valence-electron chi connectivity index (χ2n) is 5.96. The molecule has 0 bridgehead atoms. The average molecular weight is 402 g/mol. The molecule has 1 aromatic carbocycles. The number of aryl methyl sites for hydroxylation is 1. The van der Waals surface area contributed by atoms with Crippen molar-refractivity contribution in [2.75, 3.05) is 11.1 Å². The van der Waals surface area contributed by atoms with E-state index in [-0.39, 0.29) is 11.0 Å². The van der Waals surface area contributed by atoms with E-state index in [4.69, 9.17) is 11.6 Å². The smallest absolute Gasteiger partial charge is 0.262 e. The predicted octanol–water partition coefficient (Wildman–Crippen LogP) is 4.58. The Morgan fingerprint density at radius 2 is 2.07 bits per heavy atom. The highest BCUT2D eigenvalue weighted by molar-refractivity contribution is 7.98. The lowest BCUT2D eigenvalue weighted by Gasteiger charge is -2.12. The number of hydrogen-bond donors (Lipinski definition) is 1. The van der Waals surface area contributed by atoms with Gasteiger partial charge in [0.05, 0.1) is 5.52 Å². The standard InChI is InChI=1S/C20H20ClN3O2S/c1-3-24-11-16(19(25)15-10-14(21)5-6-17(15)24)20(26)23-18-9-13(7-8-22-18)12-27-4-2/h5-11H,3-4,12H2,1-2H3,(H,22,23,26). The van der Waals surface area contributed by atoms with Gasteiger partial charge in [-0.3, -0.25) is 9.59 Å². The summed E-state index contributed by atoms with van der Waals surface area (Å²) in [7, 11) is 0. The number of nitrogens with one attached hydrogen (secondary N) is 1. The number of rotatable bonds is 6. The molecule has 0 aliphatic carbocycles. The zero-order valence-corrected chi connectivity index (χ0v) is 16.7. The molecule has 0 aliphatic heterocycles. The Hall–Kier alpha value is -2.31. The van der Waals surface area contributed by atoms with Gasteiger partial charge >= 0.3 is 0 Å². The Kier molecular flexibility index (Phi) is 6.19. The Labute approximate surface area is 166 Å². The van der Waals surface area contributed by atoms with Crippen molar-refractivity contribution < 1.29 is 4.79 Å². The van der Waals surface area contributed by atoms with E-state index in [1.165, 1.54) is 0 Å². The number of nitrogens with zero attached hydrogens (tertiary/aromatic N) is 2. The van der Waals surface area contributed by atoms with Gasteiger partial charge in [-0.05, 0) is 48.6 Å². The van der Waals surface area contributed by atoms with Crippen LogP contribution in [0, 0.1) is 0 Å². The van der Waals surface area contributed by atoms with Crippen LogP contribution in [0.5, 0.6) is 0 Å². The largest absolute Gasteiger partial charge is 0.347 e. The summed E-state index contributed by atoms with van der Waals surface area (Å²) in [5, 5.41) is 3.63. The van der Waals surface area contributed by atoms with Crippen LogP contribution in [0.2, 0.25) is 5.02 Å². The number of thioether (sulfide) groups is 1. The fourth-order valence-corrected chi connectivity index (χ4v) is 3.62. The van der Waals surface area contributed by atoms with E-state index in [2.05, 4.69) is 17.2 Å². The van der Waals surface area contributed by atoms with Crippen LogP contribution in [-0.4, -0.2) is 21.2 Å². The summed E-state index contributed by atoms with van der Waals surface area (Å²) in [6, 6.07) is 8.87. The van der Waals surface area contributed by atoms with E-state index in [1.54, 1.807) is 42.4 Å². The first kappa shape index (κ1) is 19.5. The highest BCUT2D eigenvalue weighted by atomic mass is 35.5. The summed E-state index contributed by atoms with van der Waals surface area (Å²) in [6.07, 6.45) is 3.25. The number of aromatic nitrogens is 2. The molecular formula is C20H20ClN3O2S.